The van der Waals surface area contributed by atoms with E-state index in [1.54, 1.807) is 24.5 Å². The normalized spacial score (nSPS) is 11.3. The summed E-state index contributed by atoms with van der Waals surface area (Å²) in [5, 5.41) is -0.0880. The molecule has 0 amide bonds. The molecule has 0 saturated carbocycles. The quantitative estimate of drug-likeness (QED) is 0.848. The third-order valence-corrected chi connectivity index (χ3v) is 4.25. The van der Waals surface area contributed by atoms with E-state index >= 15 is 0 Å². The van der Waals surface area contributed by atoms with Crippen LogP contribution >= 0.6 is 23.2 Å². The molecule has 0 atom stereocenters. The highest BCUT2D eigenvalue weighted by atomic mass is 35.5. The molecule has 0 aliphatic heterocycles. The monoisotopic (exact) mass is 332 g/mol. The van der Waals surface area contributed by atoms with Gasteiger partial charge in [-0.15, -0.1) is 0 Å². The van der Waals surface area contributed by atoms with Crippen molar-refractivity contribution >= 4 is 38.9 Å². The largest absolute Gasteiger partial charge is 0.278 e. The van der Waals surface area contributed by atoms with Crippen LogP contribution in [0.15, 0.2) is 30.9 Å². The number of rotatable bonds is 5. The van der Waals surface area contributed by atoms with Crippen LogP contribution < -0.4 is 4.72 Å². The van der Waals surface area contributed by atoms with Crippen molar-refractivity contribution in [2.45, 2.75) is 6.42 Å². The van der Waals surface area contributed by atoms with Crippen LogP contribution in [0.3, 0.4) is 0 Å². The molecule has 9 heteroatoms. The standard InChI is InChI=1S/C11H10Cl2N4O2S/c12-10-9(11(13)16-7-15-10)17-20(18,19)6-3-8-1-4-14-5-2-8/h1-2,4-5,7,17H,3,6H2. The van der Waals surface area contributed by atoms with Gasteiger partial charge in [0.1, 0.15) is 12.0 Å². The van der Waals surface area contributed by atoms with Crippen molar-refractivity contribution in [1.82, 2.24) is 15.0 Å². The van der Waals surface area contributed by atoms with Gasteiger partial charge in [0.25, 0.3) is 0 Å². The van der Waals surface area contributed by atoms with Crippen molar-refractivity contribution < 1.29 is 8.42 Å². The summed E-state index contributed by atoms with van der Waals surface area (Å²) in [5.74, 6) is -0.113. The Labute approximate surface area is 126 Å². The zero-order chi connectivity index (χ0) is 14.6. The Morgan fingerprint density at radius 1 is 1.10 bits per heavy atom. The molecule has 106 valence electrons. The van der Waals surface area contributed by atoms with Crippen LogP contribution in [-0.2, 0) is 16.4 Å². The number of sulfonamides is 1. The predicted octanol–water partition coefficient (Wildman–Crippen LogP) is 2.16. The van der Waals surface area contributed by atoms with E-state index < -0.39 is 10.0 Å². The van der Waals surface area contributed by atoms with Gasteiger partial charge in [-0.2, -0.15) is 0 Å². The molecule has 0 bridgehead atoms. The van der Waals surface area contributed by atoms with E-state index in [9.17, 15) is 8.42 Å². The first-order valence-corrected chi connectivity index (χ1v) is 7.94. The fourth-order valence-electron chi connectivity index (χ4n) is 1.44. The Morgan fingerprint density at radius 3 is 2.30 bits per heavy atom. The molecule has 0 spiro atoms. The van der Waals surface area contributed by atoms with Gasteiger partial charge in [0.2, 0.25) is 10.0 Å². The van der Waals surface area contributed by atoms with Gasteiger partial charge in [-0.05, 0) is 24.1 Å². The second-order valence-corrected chi connectivity index (χ2v) is 6.41. The third kappa shape index (κ3) is 4.03. The number of nitrogens with one attached hydrogen (secondary N) is 1. The maximum atomic E-state index is 12.0. The molecule has 0 radical (unpaired) electrons. The van der Waals surface area contributed by atoms with Crippen LogP contribution in [0, 0.1) is 0 Å². The highest BCUT2D eigenvalue weighted by molar-refractivity contribution is 7.92. The summed E-state index contributed by atoms with van der Waals surface area (Å²) in [5.41, 5.74) is 0.859. The minimum Gasteiger partial charge on any atom is -0.278 e. The fourth-order valence-corrected chi connectivity index (χ4v) is 3.07. The lowest BCUT2D eigenvalue weighted by Gasteiger charge is -2.09. The number of hydrogen-bond acceptors (Lipinski definition) is 5. The molecule has 0 fully saturated rings. The van der Waals surface area contributed by atoms with Gasteiger partial charge in [-0.1, -0.05) is 23.2 Å². The summed E-state index contributed by atoms with van der Waals surface area (Å²) < 4.78 is 26.2. The van der Waals surface area contributed by atoms with Gasteiger partial charge in [0.15, 0.2) is 10.3 Å². The minimum atomic E-state index is -3.60. The van der Waals surface area contributed by atoms with Crippen LogP contribution in [-0.4, -0.2) is 29.1 Å². The molecule has 6 nitrogen and oxygen atoms in total. The van der Waals surface area contributed by atoms with Crippen LogP contribution in [0.4, 0.5) is 5.69 Å². The van der Waals surface area contributed by atoms with Gasteiger partial charge >= 0.3 is 0 Å². The molecular weight excluding hydrogens is 323 g/mol. The average Bonchev–Trinajstić information content (AvgIpc) is 2.42. The zero-order valence-corrected chi connectivity index (χ0v) is 12.5. The van der Waals surface area contributed by atoms with Crippen LogP contribution in [0.25, 0.3) is 0 Å². The lowest BCUT2D eigenvalue weighted by molar-refractivity contribution is 0.600. The summed E-state index contributed by atoms with van der Waals surface area (Å²) in [6.45, 7) is 0. The minimum absolute atomic E-state index is 0.00874. The van der Waals surface area contributed by atoms with Crippen molar-refractivity contribution in [3.05, 3.63) is 46.7 Å². The Kier molecular flexibility index (Phi) is 4.74. The molecule has 0 unspecified atom stereocenters. The molecule has 1 N–H and O–H groups in total. The van der Waals surface area contributed by atoms with E-state index in [0.29, 0.717) is 6.42 Å². The van der Waals surface area contributed by atoms with E-state index in [-0.39, 0.29) is 21.7 Å². The van der Waals surface area contributed by atoms with E-state index in [0.717, 1.165) is 11.9 Å². The maximum absolute atomic E-state index is 12.0. The van der Waals surface area contributed by atoms with Gasteiger partial charge in [-0.25, -0.2) is 18.4 Å². The molecule has 0 aliphatic carbocycles. The highest BCUT2D eigenvalue weighted by Crippen LogP contribution is 2.26. The molecule has 0 aliphatic rings. The third-order valence-electron chi connectivity index (χ3n) is 2.42. The van der Waals surface area contributed by atoms with Gasteiger partial charge in [0, 0.05) is 12.4 Å². The summed E-state index contributed by atoms with van der Waals surface area (Å²) in [4.78, 5) is 11.2. The molecule has 0 saturated heterocycles. The Hall–Kier alpha value is -1.44. The van der Waals surface area contributed by atoms with Crippen molar-refractivity contribution in [3.63, 3.8) is 0 Å². The van der Waals surface area contributed by atoms with Gasteiger partial charge < -0.3 is 0 Å². The van der Waals surface area contributed by atoms with Gasteiger partial charge in [0.05, 0.1) is 5.75 Å². The second-order valence-electron chi connectivity index (χ2n) is 3.86. The second kappa shape index (κ2) is 6.34. The smallest absolute Gasteiger partial charge is 0.233 e. The SMILES string of the molecule is O=S(=O)(CCc1ccncc1)Nc1c(Cl)ncnc1Cl. The van der Waals surface area contributed by atoms with Gasteiger partial charge in [-0.3, -0.25) is 9.71 Å². The van der Waals surface area contributed by atoms with Crippen molar-refractivity contribution in [3.8, 4) is 0 Å². The lowest BCUT2D eigenvalue weighted by atomic mass is 10.2. The van der Waals surface area contributed by atoms with E-state index in [4.69, 9.17) is 23.2 Å². The highest BCUT2D eigenvalue weighted by Gasteiger charge is 2.16. The Morgan fingerprint density at radius 2 is 1.70 bits per heavy atom. The van der Waals surface area contributed by atoms with Crippen LogP contribution in [0.1, 0.15) is 5.56 Å². The number of anilines is 1. The molecular formula is C11H10Cl2N4O2S. The van der Waals surface area contributed by atoms with Crippen molar-refractivity contribution in [2.24, 2.45) is 0 Å². The van der Waals surface area contributed by atoms with E-state index in [2.05, 4.69) is 19.7 Å². The number of pyridine rings is 1. The summed E-state index contributed by atoms with van der Waals surface area (Å²) in [7, 11) is -3.60. The first-order chi connectivity index (χ1) is 9.48. The summed E-state index contributed by atoms with van der Waals surface area (Å²) >= 11 is 11.6. The van der Waals surface area contributed by atoms with Crippen LogP contribution in [0.2, 0.25) is 10.3 Å². The summed E-state index contributed by atoms with van der Waals surface area (Å²) in [6, 6.07) is 3.50. The van der Waals surface area contributed by atoms with Crippen molar-refractivity contribution in [2.75, 3.05) is 10.5 Å². The molecule has 2 aromatic heterocycles. The molecule has 20 heavy (non-hydrogen) atoms. The van der Waals surface area contributed by atoms with E-state index in [1.165, 1.54) is 0 Å². The maximum Gasteiger partial charge on any atom is 0.233 e. The summed E-state index contributed by atoms with van der Waals surface area (Å²) in [6.07, 6.45) is 4.71. The fraction of sp³-hybridized carbons (Fsp3) is 0.182. The Balaban J connectivity index is 2.08. The molecule has 2 heterocycles. The topological polar surface area (TPSA) is 84.8 Å². The predicted molar refractivity (Wildman–Crippen MR) is 77.4 cm³/mol. The number of aryl methyl sites for hydroxylation is 1. The number of aromatic nitrogens is 3. The Bertz CT molecular complexity index is 675. The molecule has 0 aromatic carbocycles. The number of hydrogen-bond donors (Lipinski definition) is 1. The zero-order valence-electron chi connectivity index (χ0n) is 10.1. The van der Waals surface area contributed by atoms with Crippen LogP contribution in [0.5, 0.6) is 0 Å². The molecule has 2 aromatic rings. The average molecular weight is 333 g/mol. The lowest BCUT2D eigenvalue weighted by Crippen LogP contribution is -2.19. The van der Waals surface area contributed by atoms with E-state index in [1.807, 2.05) is 0 Å². The number of nitrogens with zero attached hydrogens (tertiary/aromatic N) is 3. The first-order valence-electron chi connectivity index (χ1n) is 5.53. The first kappa shape index (κ1) is 15.0. The molecule has 2 rings (SSSR count). The number of halogens is 2. The van der Waals surface area contributed by atoms with Crippen molar-refractivity contribution in [1.29, 1.82) is 0 Å².